The van der Waals surface area contributed by atoms with E-state index in [2.05, 4.69) is 107 Å². The summed E-state index contributed by atoms with van der Waals surface area (Å²) >= 11 is 0. The van der Waals surface area contributed by atoms with Crippen molar-refractivity contribution in [2.45, 2.75) is 6.54 Å². The van der Waals surface area contributed by atoms with Crippen molar-refractivity contribution in [2.75, 3.05) is 20.6 Å². The van der Waals surface area contributed by atoms with E-state index in [1.54, 1.807) is 0 Å². The summed E-state index contributed by atoms with van der Waals surface area (Å²) in [7, 11) is 4.21. The van der Waals surface area contributed by atoms with Gasteiger partial charge in [0.15, 0.2) is 0 Å². The average Bonchev–Trinajstić information content (AvgIpc) is 3.31. The molecule has 5 aromatic rings. The summed E-state index contributed by atoms with van der Waals surface area (Å²) in [4.78, 5) is 7.21. The van der Waals surface area contributed by atoms with Crippen molar-refractivity contribution < 1.29 is 0 Å². The van der Waals surface area contributed by atoms with Crippen LogP contribution in [0.5, 0.6) is 0 Å². The highest BCUT2D eigenvalue weighted by Gasteiger charge is 2.14. The van der Waals surface area contributed by atoms with Crippen LogP contribution in [0.15, 0.2) is 85.1 Å². The third-order valence-corrected chi connectivity index (χ3v) is 5.42. The Labute approximate surface area is 195 Å². The van der Waals surface area contributed by atoms with Crippen molar-refractivity contribution in [3.05, 3.63) is 85.1 Å². The fourth-order valence-corrected chi connectivity index (χ4v) is 3.87. The maximum atomic E-state index is 5.01. The lowest BCUT2D eigenvalue weighted by molar-refractivity contribution is 0.388. The van der Waals surface area contributed by atoms with Gasteiger partial charge in [-0.3, -0.25) is 4.40 Å². The lowest BCUT2D eigenvalue weighted by Crippen LogP contribution is -2.18. The molecule has 31 heavy (non-hydrogen) atoms. The number of nitrogens with zero attached hydrogens (tertiary/aromatic N) is 4. The van der Waals surface area contributed by atoms with Gasteiger partial charge < -0.3 is 9.47 Å². The molecule has 0 amide bonds. The Kier molecular flexibility index (Phi) is 7.06. The lowest BCUT2D eigenvalue weighted by atomic mass is 10.0. The zero-order valence-electron chi connectivity index (χ0n) is 17.6. The fraction of sp³-hybridized carbons (Fsp3) is 0.160. The standard InChI is InChI=1S/C25H24N4.2ClH/c1-27(2)16-17-28-23-10-6-7-11-24(23)29-18-22(26-25(28)29)21-14-12-20(13-15-21)19-8-4-3-5-9-19;;/h3-15,18H,16-17H2,1-2H3;2*1H. The molecule has 0 radical (unpaired) electrons. The number of halogens is 2. The smallest absolute Gasteiger partial charge is 0.215 e. The lowest BCUT2D eigenvalue weighted by Gasteiger charge is -2.11. The summed E-state index contributed by atoms with van der Waals surface area (Å²) in [6.07, 6.45) is 2.15. The van der Waals surface area contributed by atoms with E-state index in [1.165, 1.54) is 22.2 Å². The van der Waals surface area contributed by atoms with Crippen LogP contribution in [0.3, 0.4) is 0 Å². The molecule has 2 heterocycles. The number of hydrogen-bond acceptors (Lipinski definition) is 2. The minimum absolute atomic E-state index is 0. The molecule has 0 unspecified atom stereocenters. The largest absolute Gasteiger partial charge is 0.308 e. The van der Waals surface area contributed by atoms with E-state index in [-0.39, 0.29) is 24.8 Å². The van der Waals surface area contributed by atoms with Crippen molar-refractivity contribution in [3.63, 3.8) is 0 Å². The molecule has 0 atom stereocenters. The minimum atomic E-state index is 0. The van der Waals surface area contributed by atoms with Crippen LogP contribution in [0.1, 0.15) is 0 Å². The van der Waals surface area contributed by atoms with Crippen molar-refractivity contribution in [3.8, 4) is 22.4 Å². The Morgan fingerprint density at radius 2 is 1.29 bits per heavy atom. The van der Waals surface area contributed by atoms with Crippen LogP contribution < -0.4 is 0 Å². The van der Waals surface area contributed by atoms with E-state index >= 15 is 0 Å². The van der Waals surface area contributed by atoms with Gasteiger partial charge in [-0.1, -0.05) is 66.7 Å². The second kappa shape index (κ2) is 9.56. The van der Waals surface area contributed by atoms with Crippen molar-refractivity contribution in [1.82, 2.24) is 18.9 Å². The first-order valence-corrected chi connectivity index (χ1v) is 9.97. The van der Waals surface area contributed by atoms with Crippen LogP contribution in [0.25, 0.3) is 39.2 Å². The molecule has 0 bridgehead atoms. The van der Waals surface area contributed by atoms with Crippen molar-refractivity contribution in [2.24, 2.45) is 0 Å². The maximum Gasteiger partial charge on any atom is 0.215 e. The number of likely N-dealkylation sites (N-methyl/N-ethyl adjacent to an activating group) is 1. The van der Waals surface area contributed by atoms with E-state index in [0.29, 0.717) is 0 Å². The molecule has 0 fully saturated rings. The summed E-state index contributed by atoms with van der Waals surface area (Å²) in [6.45, 7) is 1.88. The van der Waals surface area contributed by atoms with Gasteiger partial charge >= 0.3 is 0 Å². The van der Waals surface area contributed by atoms with Gasteiger partial charge in [0.05, 0.1) is 16.7 Å². The Hall–Kier alpha value is -2.79. The van der Waals surface area contributed by atoms with Crippen LogP contribution in [-0.4, -0.2) is 39.5 Å². The Bertz CT molecular complexity index is 1270. The molecule has 0 spiro atoms. The quantitative estimate of drug-likeness (QED) is 0.325. The van der Waals surface area contributed by atoms with Gasteiger partial charge in [0.25, 0.3) is 0 Å². The van der Waals surface area contributed by atoms with Gasteiger partial charge in [0, 0.05) is 24.8 Å². The average molecular weight is 453 g/mol. The topological polar surface area (TPSA) is 25.5 Å². The second-order valence-electron chi connectivity index (χ2n) is 7.68. The summed E-state index contributed by atoms with van der Waals surface area (Å²) in [5.74, 6) is 0.996. The molecule has 0 aliphatic heterocycles. The van der Waals surface area contributed by atoms with Gasteiger partial charge in [-0.05, 0) is 37.4 Å². The van der Waals surface area contributed by atoms with E-state index in [1.807, 2.05) is 6.07 Å². The number of imidazole rings is 2. The van der Waals surface area contributed by atoms with Crippen LogP contribution in [-0.2, 0) is 6.54 Å². The highest BCUT2D eigenvalue weighted by atomic mass is 35.5. The molecular weight excluding hydrogens is 427 g/mol. The Balaban J connectivity index is 0.00000136. The molecule has 0 aliphatic carbocycles. The molecule has 0 N–H and O–H groups in total. The molecule has 0 saturated carbocycles. The van der Waals surface area contributed by atoms with Crippen molar-refractivity contribution in [1.29, 1.82) is 0 Å². The van der Waals surface area contributed by atoms with Gasteiger partial charge in [-0.2, -0.15) is 0 Å². The second-order valence-corrected chi connectivity index (χ2v) is 7.68. The molecule has 0 saturated heterocycles. The van der Waals surface area contributed by atoms with E-state index in [0.717, 1.165) is 30.1 Å². The number of fused-ring (bicyclic) bond motifs is 3. The van der Waals surface area contributed by atoms with E-state index < -0.39 is 0 Å². The normalized spacial score (nSPS) is 10.9. The predicted molar refractivity (Wildman–Crippen MR) is 135 cm³/mol. The van der Waals surface area contributed by atoms with E-state index in [9.17, 15) is 0 Å². The van der Waals surface area contributed by atoms with Gasteiger partial charge in [-0.25, -0.2) is 4.98 Å². The maximum absolute atomic E-state index is 5.01. The zero-order valence-corrected chi connectivity index (χ0v) is 19.2. The first kappa shape index (κ1) is 22.9. The number of benzene rings is 3. The zero-order chi connectivity index (χ0) is 19.8. The third-order valence-electron chi connectivity index (χ3n) is 5.42. The summed E-state index contributed by atoms with van der Waals surface area (Å²) in [5.41, 5.74) is 7.01. The Morgan fingerprint density at radius 1 is 0.710 bits per heavy atom. The SMILES string of the molecule is CN(C)CCn1c2ccccc2n2cc(-c3ccc(-c4ccccc4)cc3)nc12.Cl.Cl. The van der Waals surface area contributed by atoms with Crippen LogP contribution >= 0.6 is 24.8 Å². The summed E-state index contributed by atoms with van der Waals surface area (Å²) in [6, 6.07) is 27.7. The van der Waals surface area contributed by atoms with Crippen molar-refractivity contribution >= 4 is 41.6 Å². The Morgan fingerprint density at radius 3 is 1.97 bits per heavy atom. The molecule has 3 aromatic carbocycles. The van der Waals surface area contributed by atoms with Crippen LogP contribution in [0, 0.1) is 0 Å². The van der Waals surface area contributed by atoms with E-state index in [4.69, 9.17) is 4.98 Å². The van der Waals surface area contributed by atoms with Gasteiger partial charge in [0.1, 0.15) is 0 Å². The molecule has 6 heteroatoms. The van der Waals surface area contributed by atoms with Crippen LogP contribution in [0.4, 0.5) is 0 Å². The molecular formula is C25H26Cl2N4. The number of rotatable bonds is 5. The summed E-state index contributed by atoms with van der Waals surface area (Å²) in [5, 5.41) is 0. The molecule has 0 aliphatic rings. The fourth-order valence-electron chi connectivity index (χ4n) is 3.87. The highest BCUT2D eigenvalue weighted by Crippen LogP contribution is 2.27. The predicted octanol–water partition coefficient (Wildman–Crippen LogP) is 6.03. The molecule has 4 nitrogen and oxygen atoms in total. The number of aromatic nitrogens is 3. The number of hydrogen-bond donors (Lipinski definition) is 0. The highest BCUT2D eigenvalue weighted by molar-refractivity contribution is 5.85. The number of para-hydroxylation sites is 2. The first-order chi connectivity index (χ1) is 14.2. The monoisotopic (exact) mass is 452 g/mol. The molecule has 5 rings (SSSR count). The molecule has 2 aromatic heterocycles. The third kappa shape index (κ3) is 4.33. The first-order valence-electron chi connectivity index (χ1n) is 9.97. The van der Waals surface area contributed by atoms with Gasteiger partial charge in [0.2, 0.25) is 5.78 Å². The summed E-state index contributed by atoms with van der Waals surface area (Å²) < 4.78 is 4.53. The van der Waals surface area contributed by atoms with Crippen LogP contribution in [0.2, 0.25) is 0 Å². The molecule has 160 valence electrons. The van der Waals surface area contributed by atoms with Gasteiger partial charge in [-0.15, -0.1) is 24.8 Å². The minimum Gasteiger partial charge on any atom is -0.308 e.